The first-order chi connectivity index (χ1) is 14.9. The van der Waals surface area contributed by atoms with Crippen LogP contribution in [0.5, 0.6) is 0 Å². The Labute approximate surface area is 185 Å². The summed E-state index contributed by atoms with van der Waals surface area (Å²) >= 11 is 0.862. The van der Waals surface area contributed by atoms with Crippen molar-refractivity contribution in [2.45, 2.75) is 0 Å². The van der Waals surface area contributed by atoms with Crippen molar-refractivity contribution in [3.05, 3.63) is 53.2 Å². The molecule has 0 aliphatic carbocycles. The van der Waals surface area contributed by atoms with Crippen LogP contribution in [-0.2, 0) is 14.3 Å². The first kappa shape index (κ1) is 21.2. The lowest BCUT2D eigenvalue weighted by atomic mass is 10.2. The van der Waals surface area contributed by atoms with Crippen LogP contribution in [0.25, 0.3) is 11.8 Å². The molecule has 0 N–H and O–H groups in total. The first-order valence-corrected chi connectivity index (χ1v) is 10.8. The Hall–Kier alpha value is -3.04. The lowest BCUT2D eigenvalue weighted by Gasteiger charge is -2.28. The Bertz CT molecular complexity index is 1020. The number of ether oxygens (including phenoxy) is 1. The van der Waals surface area contributed by atoms with Crippen molar-refractivity contribution in [1.82, 2.24) is 14.4 Å². The third-order valence-corrected chi connectivity index (χ3v) is 6.14. The van der Waals surface area contributed by atoms with E-state index in [-0.39, 0.29) is 12.5 Å². The summed E-state index contributed by atoms with van der Waals surface area (Å²) < 4.78 is 7.20. The molecule has 1 aromatic heterocycles. The van der Waals surface area contributed by atoms with Crippen molar-refractivity contribution < 1.29 is 19.1 Å². The van der Waals surface area contributed by atoms with E-state index in [2.05, 4.69) is 0 Å². The van der Waals surface area contributed by atoms with Gasteiger partial charge < -0.3 is 19.1 Å². The predicted octanol–water partition coefficient (Wildman–Crippen LogP) is 2.44. The molecule has 31 heavy (non-hydrogen) atoms. The van der Waals surface area contributed by atoms with Gasteiger partial charge in [-0.1, -0.05) is 0 Å². The van der Waals surface area contributed by atoms with Gasteiger partial charge in [-0.3, -0.25) is 19.3 Å². The summed E-state index contributed by atoms with van der Waals surface area (Å²) in [5, 5.41) is -0.425. The van der Waals surface area contributed by atoms with E-state index in [0.29, 0.717) is 31.2 Å². The number of nitrogens with zero attached hydrogens (tertiary/aromatic N) is 4. The molecule has 3 amide bonds. The maximum atomic E-state index is 12.8. The minimum atomic E-state index is -0.438. The Morgan fingerprint density at radius 2 is 1.84 bits per heavy atom. The molecular formula is C22H24N4O4S. The number of hydrogen-bond donors (Lipinski definition) is 0. The highest BCUT2D eigenvalue weighted by atomic mass is 32.2. The quantitative estimate of drug-likeness (QED) is 0.665. The van der Waals surface area contributed by atoms with Crippen LogP contribution in [0.2, 0.25) is 0 Å². The van der Waals surface area contributed by atoms with E-state index >= 15 is 0 Å². The van der Waals surface area contributed by atoms with Crippen molar-refractivity contribution >= 4 is 40.6 Å². The number of aromatic nitrogens is 1. The summed E-state index contributed by atoms with van der Waals surface area (Å²) in [7, 11) is 3.96. The molecule has 2 fully saturated rings. The van der Waals surface area contributed by atoms with Crippen molar-refractivity contribution in [1.29, 1.82) is 0 Å². The van der Waals surface area contributed by atoms with Gasteiger partial charge in [-0.15, -0.1) is 0 Å². The van der Waals surface area contributed by atoms with Gasteiger partial charge >= 0.3 is 0 Å². The molecule has 4 rings (SSSR count). The molecule has 9 heteroatoms. The molecule has 0 unspecified atom stereocenters. The molecule has 0 saturated carbocycles. The molecule has 162 valence electrons. The van der Waals surface area contributed by atoms with Gasteiger partial charge in [-0.2, -0.15) is 0 Å². The van der Waals surface area contributed by atoms with Gasteiger partial charge in [0.05, 0.1) is 18.1 Å². The Morgan fingerprint density at radius 1 is 1.13 bits per heavy atom. The fraction of sp³-hybridized carbons (Fsp3) is 0.318. The van der Waals surface area contributed by atoms with Gasteiger partial charge in [-0.05, 0) is 54.2 Å². The number of anilines is 1. The average molecular weight is 441 g/mol. The van der Waals surface area contributed by atoms with E-state index < -0.39 is 11.1 Å². The molecule has 0 bridgehead atoms. The molecule has 3 heterocycles. The van der Waals surface area contributed by atoms with Gasteiger partial charge in [0.1, 0.15) is 6.54 Å². The SMILES string of the molecule is CN(C)c1ccc(-n2cccc2C=C2SC(=O)N(CC(=O)N3CCOCC3)C2=O)cc1. The maximum absolute atomic E-state index is 12.8. The molecule has 2 saturated heterocycles. The van der Waals surface area contributed by atoms with Crippen LogP contribution in [0.4, 0.5) is 10.5 Å². The number of rotatable bonds is 5. The lowest BCUT2D eigenvalue weighted by Crippen LogP contribution is -2.46. The molecule has 2 aliphatic heterocycles. The Kier molecular flexibility index (Phi) is 6.15. The van der Waals surface area contributed by atoms with Crippen molar-refractivity contribution in [2.75, 3.05) is 51.8 Å². The minimum absolute atomic E-state index is 0.240. The summed E-state index contributed by atoms with van der Waals surface area (Å²) in [4.78, 5) is 42.7. The molecular weight excluding hydrogens is 416 g/mol. The molecule has 1 aromatic carbocycles. The van der Waals surface area contributed by atoms with Crippen LogP contribution in [0.15, 0.2) is 47.5 Å². The zero-order valence-electron chi connectivity index (χ0n) is 17.5. The second kappa shape index (κ2) is 8.99. The fourth-order valence-electron chi connectivity index (χ4n) is 3.48. The van der Waals surface area contributed by atoms with E-state index in [1.165, 1.54) is 0 Å². The van der Waals surface area contributed by atoms with Crippen molar-refractivity contribution in [3.63, 3.8) is 0 Å². The number of imide groups is 1. The Balaban J connectivity index is 1.51. The topological polar surface area (TPSA) is 75.1 Å². The molecule has 2 aliphatic rings. The molecule has 2 aromatic rings. The number of hydrogen-bond acceptors (Lipinski definition) is 6. The number of thioether (sulfide) groups is 1. The minimum Gasteiger partial charge on any atom is -0.378 e. The van der Waals surface area contributed by atoms with E-state index in [4.69, 9.17) is 4.74 Å². The highest BCUT2D eigenvalue weighted by Gasteiger charge is 2.37. The number of carbonyl (C=O) groups excluding carboxylic acids is 3. The van der Waals surface area contributed by atoms with Crippen LogP contribution in [0.3, 0.4) is 0 Å². The standard InChI is InChI=1S/C22H24N4O4S/c1-23(2)16-5-7-17(8-6-16)25-9-3-4-18(25)14-19-21(28)26(22(29)31-19)15-20(27)24-10-12-30-13-11-24/h3-9,14H,10-13,15H2,1-2H3. The highest BCUT2D eigenvalue weighted by molar-refractivity contribution is 8.18. The third-order valence-electron chi connectivity index (χ3n) is 5.23. The molecule has 0 atom stereocenters. The number of benzene rings is 1. The van der Waals surface area contributed by atoms with Crippen molar-refractivity contribution in [2.24, 2.45) is 0 Å². The first-order valence-electron chi connectivity index (χ1n) is 10.00. The average Bonchev–Trinajstić information content (AvgIpc) is 3.34. The van der Waals surface area contributed by atoms with E-state index in [0.717, 1.165) is 33.7 Å². The van der Waals surface area contributed by atoms with Crippen LogP contribution < -0.4 is 4.90 Å². The summed E-state index contributed by atoms with van der Waals surface area (Å²) in [6.45, 7) is 1.66. The summed E-state index contributed by atoms with van der Waals surface area (Å²) in [5.41, 5.74) is 2.81. The summed E-state index contributed by atoms with van der Waals surface area (Å²) in [5.74, 6) is -0.677. The lowest BCUT2D eigenvalue weighted by molar-refractivity contribution is -0.139. The van der Waals surface area contributed by atoms with Crippen LogP contribution in [0.1, 0.15) is 5.69 Å². The van der Waals surface area contributed by atoms with E-state index in [1.807, 2.05) is 66.2 Å². The van der Waals surface area contributed by atoms with Gasteiger partial charge in [-0.25, -0.2) is 0 Å². The second-order valence-electron chi connectivity index (χ2n) is 7.47. The van der Waals surface area contributed by atoms with Gasteiger partial charge in [0.15, 0.2) is 0 Å². The van der Waals surface area contributed by atoms with Gasteiger partial charge in [0.25, 0.3) is 11.1 Å². The van der Waals surface area contributed by atoms with Crippen molar-refractivity contribution in [3.8, 4) is 5.69 Å². The van der Waals surface area contributed by atoms with Crippen LogP contribution >= 0.6 is 11.8 Å². The van der Waals surface area contributed by atoms with E-state index in [1.54, 1.807) is 11.0 Å². The smallest absolute Gasteiger partial charge is 0.294 e. The fourth-order valence-corrected chi connectivity index (χ4v) is 4.30. The normalized spacial score (nSPS) is 18.2. The number of carbonyl (C=O) groups is 3. The third kappa shape index (κ3) is 4.52. The maximum Gasteiger partial charge on any atom is 0.294 e. The predicted molar refractivity (Wildman–Crippen MR) is 120 cm³/mol. The van der Waals surface area contributed by atoms with Gasteiger partial charge in [0.2, 0.25) is 5.91 Å². The Morgan fingerprint density at radius 3 is 2.52 bits per heavy atom. The molecule has 0 spiro atoms. The number of morpholine rings is 1. The highest BCUT2D eigenvalue weighted by Crippen LogP contribution is 2.32. The molecule has 8 nitrogen and oxygen atoms in total. The van der Waals surface area contributed by atoms with Crippen LogP contribution in [0, 0.1) is 0 Å². The van der Waals surface area contributed by atoms with Gasteiger partial charge in [0, 0.05) is 50.5 Å². The zero-order valence-corrected chi connectivity index (χ0v) is 18.3. The van der Waals surface area contributed by atoms with Crippen LogP contribution in [-0.4, -0.2) is 78.4 Å². The summed E-state index contributed by atoms with van der Waals surface area (Å²) in [6, 6.07) is 11.8. The monoisotopic (exact) mass is 440 g/mol. The summed E-state index contributed by atoms with van der Waals surface area (Å²) in [6.07, 6.45) is 3.60. The molecule has 0 radical (unpaired) electrons. The second-order valence-corrected chi connectivity index (χ2v) is 8.47. The van der Waals surface area contributed by atoms with E-state index in [9.17, 15) is 14.4 Å². The largest absolute Gasteiger partial charge is 0.378 e. The zero-order chi connectivity index (χ0) is 22.0. The number of amides is 3.